The number of rotatable bonds is 5. The normalized spacial score (nSPS) is 10.6. The number of carbonyl (C=O) groups is 1. The quantitative estimate of drug-likeness (QED) is 0.767. The Kier molecular flexibility index (Phi) is 4.52. The lowest BCUT2D eigenvalue weighted by Gasteiger charge is -2.09. The van der Waals surface area contributed by atoms with Crippen molar-refractivity contribution in [3.8, 4) is 11.5 Å². The first kappa shape index (κ1) is 16.1. The number of ether oxygens (including phenoxy) is 2. The summed E-state index contributed by atoms with van der Waals surface area (Å²) in [6.07, 6.45) is 1.53. The summed E-state index contributed by atoms with van der Waals surface area (Å²) in [7, 11) is 3.15. The van der Waals surface area contributed by atoms with E-state index in [2.05, 4.69) is 15.4 Å². The molecular weight excluding hydrogens is 332 g/mol. The molecule has 0 fully saturated rings. The van der Waals surface area contributed by atoms with E-state index in [1.165, 1.54) is 10.7 Å². The van der Waals surface area contributed by atoms with Gasteiger partial charge in [0, 0.05) is 12.6 Å². The van der Waals surface area contributed by atoms with Crippen LogP contribution in [0.2, 0.25) is 5.15 Å². The van der Waals surface area contributed by atoms with Crippen molar-refractivity contribution in [2.24, 2.45) is 0 Å². The number of hydrogen-bond donors (Lipinski definition) is 1. The molecule has 0 aliphatic rings. The van der Waals surface area contributed by atoms with E-state index in [0.29, 0.717) is 28.8 Å². The molecule has 0 unspecified atom stereocenters. The van der Waals surface area contributed by atoms with Gasteiger partial charge in [0.2, 0.25) is 0 Å². The predicted octanol–water partition coefficient (Wildman–Crippen LogP) is 2.33. The highest BCUT2D eigenvalue weighted by Crippen LogP contribution is 2.22. The number of nitrogens with zero attached hydrogens (tertiary/aromatic N) is 3. The molecule has 0 saturated heterocycles. The van der Waals surface area contributed by atoms with E-state index in [0.717, 1.165) is 5.56 Å². The van der Waals surface area contributed by atoms with E-state index in [1.54, 1.807) is 32.4 Å². The molecule has 8 heteroatoms. The molecule has 0 bridgehead atoms. The van der Waals surface area contributed by atoms with E-state index >= 15 is 0 Å². The number of fused-ring (bicyclic) bond motifs is 1. The summed E-state index contributed by atoms with van der Waals surface area (Å²) in [6.45, 7) is 0.314. The van der Waals surface area contributed by atoms with Crippen LogP contribution >= 0.6 is 11.6 Å². The van der Waals surface area contributed by atoms with Crippen LogP contribution in [0.3, 0.4) is 0 Å². The van der Waals surface area contributed by atoms with Gasteiger partial charge in [0.1, 0.15) is 22.3 Å². The Labute approximate surface area is 143 Å². The molecule has 3 rings (SSSR count). The maximum Gasteiger partial charge on any atom is 0.271 e. The van der Waals surface area contributed by atoms with Crippen molar-refractivity contribution in [2.75, 3.05) is 14.2 Å². The van der Waals surface area contributed by atoms with Gasteiger partial charge in [0.15, 0.2) is 5.65 Å². The van der Waals surface area contributed by atoms with Crippen LogP contribution in [0.5, 0.6) is 11.5 Å². The van der Waals surface area contributed by atoms with Crippen molar-refractivity contribution >= 4 is 23.2 Å². The van der Waals surface area contributed by atoms with E-state index < -0.39 is 0 Å². The van der Waals surface area contributed by atoms with Crippen LogP contribution in [-0.4, -0.2) is 34.7 Å². The zero-order valence-electron chi connectivity index (χ0n) is 13.1. The number of carbonyl (C=O) groups excluding carboxylic acids is 1. The van der Waals surface area contributed by atoms with Crippen molar-refractivity contribution < 1.29 is 14.3 Å². The van der Waals surface area contributed by atoms with Crippen LogP contribution in [0.4, 0.5) is 0 Å². The lowest BCUT2D eigenvalue weighted by Crippen LogP contribution is -2.23. The van der Waals surface area contributed by atoms with Crippen molar-refractivity contribution in [3.05, 3.63) is 52.9 Å². The maximum atomic E-state index is 12.3. The highest BCUT2D eigenvalue weighted by atomic mass is 35.5. The third-order valence-corrected chi connectivity index (χ3v) is 3.59. The number of halogens is 1. The van der Waals surface area contributed by atoms with Gasteiger partial charge in [-0.1, -0.05) is 11.6 Å². The van der Waals surface area contributed by atoms with Crippen molar-refractivity contribution in [3.63, 3.8) is 0 Å². The summed E-state index contributed by atoms with van der Waals surface area (Å²) in [4.78, 5) is 16.5. The van der Waals surface area contributed by atoms with Crippen molar-refractivity contribution in [2.45, 2.75) is 6.54 Å². The first-order valence-corrected chi connectivity index (χ1v) is 7.49. The molecule has 2 aromatic heterocycles. The smallest absolute Gasteiger partial charge is 0.271 e. The summed E-state index contributed by atoms with van der Waals surface area (Å²) in [6, 6.07) is 8.73. The SMILES string of the molecule is COc1cc(CNC(=O)c2cn3nc(Cl)ccc3n2)cc(OC)c1. The fourth-order valence-corrected chi connectivity index (χ4v) is 2.35. The Hall–Kier alpha value is -2.80. The summed E-state index contributed by atoms with van der Waals surface area (Å²) < 4.78 is 11.9. The van der Waals surface area contributed by atoms with Gasteiger partial charge < -0.3 is 14.8 Å². The third kappa shape index (κ3) is 3.41. The molecule has 24 heavy (non-hydrogen) atoms. The standard InChI is InChI=1S/C16H15ClN4O3/c1-23-11-5-10(6-12(7-11)24-2)8-18-16(22)13-9-21-15(19-13)4-3-14(17)20-21/h3-7,9H,8H2,1-2H3,(H,18,22). The van der Waals surface area contributed by atoms with E-state index in [4.69, 9.17) is 21.1 Å². The molecule has 0 aliphatic carbocycles. The molecule has 0 saturated carbocycles. The van der Waals surface area contributed by atoms with Crippen LogP contribution < -0.4 is 14.8 Å². The lowest BCUT2D eigenvalue weighted by atomic mass is 10.2. The second-order valence-electron chi connectivity index (χ2n) is 4.99. The molecule has 0 spiro atoms. The van der Waals surface area contributed by atoms with E-state index in [1.807, 2.05) is 12.1 Å². The highest BCUT2D eigenvalue weighted by molar-refractivity contribution is 6.29. The molecular formula is C16H15ClN4O3. The van der Waals surface area contributed by atoms with Gasteiger partial charge in [-0.2, -0.15) is 5.10 Å². The molecule has 0 atom stereocenters. The number of benzene rings is 1. The molecule has 124 valence electrons. The van der Waals surface area contributed by atoms with Crippen LogP contribution in [0, 0.1) is 0 Å². The van der Waals surface area contributed by atoms with Crippen LogP contribution in [0.25, 0.3) is 5.65 Å². The summed E-state index contributed by atoms with van der Waals surface area (Å²) in [5.74, 6) is 1.01. The molecule has 2 heterocycles. The number of hydrogen-bond acceptors (Lipinski definition) is 5. The van der Waals surface area contributed by atoms with Gasteiger partial charge in [-0.3, -0.25) is 4.79 Å². The largest absolute Gasteiger partial charge is 0.497 e. The van der Waals surface area contributed by atoms with Crippen molar-refractivity contribution in [1.29, 1.82) is 0 Å². The number of nitrogens with one attached hydrogen (secondary N) is 1. The monoisotopic (exact) mass is 346 g/mol. The second-order valence-corrected chi connectivity index (χ2v) is 5.38. The summed E-state index contributed by atoms with van der Waals surface area (Å²) in [5.41, 5.74) is 1.66. The van der Waals surface area contributed by atoms with Gasteiger partial charge in [-0.15, -0.1) is 0 Å². The molecule has 0 radical (unpaired) electrons. The zero-order chi connectivity index (χ0) is 17.1. The predicted molar refractivity (Wildman–Crippen MR) is 88.7 cm³/mol. The summed E-state index contributed by atoms with van der Waals surface area (Å²) in [5, 5.41) is 7.18. The van der Waals surface area contributed by atoms with Crippen LogP contribution in [-0.2, 0) is 6.54 Å². The molecule has 3 aromatic rings. The van der Waals surface area contributed by atoms with Crippen LogP contribution in [0.1, 0.15) is 16.1 Å². The first-order valence-electron chi connectivity index (χ1n) is 7.11. The Morgan fingerprint density at radius 3 is 2.58 bits per heavy atom. The van der Waals surface area contributed by atoms with Crippen molar-refractivity contribution in [1.82, 2.24) is 19.9 Å². The number of aromatic nitrogens is 3. The Morgan fingerprint density at radius 2 is 1.92 bits per heavy atom. The average Bonchev–Trinajstić information content (AvgIpc) is 3.02. The van der Waals surface area contributed by atoms with E-state index in [9.17, 15) is 4.79 Å². The topological polar surface area (TPSA) is 77.8 Å². The second kappa shape index (κ2) is 6.76. The van der Waals surface area contributed by atoms with Gasteiger partial charge in [-0.25, -0.2) is 9.50 Å². The highest BCUT2D eigenvalue weighted by Gasteiger charge is 2.12. The fourth-order valence-electron chi connectivity index (χ4n) is 2.21. The summed E-state index contributed by atoms with van der Waals surface area (Å²) >= 11 is 5.82. The van der Waals surface area contributed by atoms with Gasteiger partial charge >= 0.3 is 0 Å². The Balaban J connectivity index is 1.74. The maximum absolute atomic E-state index is 12.3. The molecule has 0 aliphatic heterocycles. The first-order chi connectivity index (χ1) is 11.6. The van der Waals surface area contributed by atoms with Crippen LogP contribution in [0.15, 0.2) is 36.5 Å². The molecule has 7 nitrogen and oxygen atoms in total. The third-order valence-electron chi connectivity index (χ3n) is 3.38. The molecule has 1 amide bonds. The van der Waals surface area contributed by atoms with E-state index in [-0.39, 0.29) is 11.6 Å². The Bertz CT molecular complexity index is 872. The fraction of sp³-hybridized carbons (Fsp3) is 0.188. The van der Waals surface area contributed by atoms with Gasteiger partial charge in [0.05, 0.1) is 20.4 Å². The van der Waals surface area contributed by atoms with Gasteiger partial charge in [0.25, 0.3) is 5.91 Å². The number of imidazole rings is 1. The molecule has 1 N–H and O–H groups in total. The van der Waals surface area contributed by atoms with Gasteiger partial charge in [-0.05, 0) is 29.8 Å². The minimum absolute atomic E-state index is 0.264. The lowest BCUT2D eigenvalue weighted by molar-refractivity contribution is 0.0946. The zero-order valence-corrected chi connectivity index (χ0v) is 13.9. The average molecular weight is 347 g/mol. The Morgan fingerprint density at radius 1 is 1.21 bits per heavy atom. The minimum Gasteiger partial charge on any atom is -0.497 e. The number of methoxy groups -OCH3 is 2. The number of amides is 1. The molecule has 1 aromatic carbocycles. The minimum atomic E-state index is -0.307.